The number of rotatable bonds is 6. The van der Waals surface area contributed by atoms with Crippen LogP contribution in [0.5, 0.6) is 0 Å². The van der Waals surface area contributed by atoms with Crippen molar-refractivity contribution in [3.8, 4) is 0 Å². The predicted octanol–water partition coefficient (Wildman–Crippen LogP) is 0.251. The van der Waals surface area contributed by atoms with Crippen LogP contribution in [0.3, 0.4) is 0 Å². The van der Waals surface area contributed by atoms with Gasteiger partial charge in [0.05, 0.1) is 13.5 Å². The van der Waals surface area contributed by atoms with E-state index < -0.39 is 6.04 Å². The van der Waals surface area contributed by atoms with Gasteiger partial charge < -0.3 is 9.64 Å². The van der Waals surface area contributed by atoms with Crippen molar-refractivity contribution in [1.29, 1.82) is 0 Å². The molecule has 1 rings (SSSR count). The summed E-state index contributed by atoms with van der Waals surface area (Å²) in [4.78, 5) is 28.6. The van der Waals surface area contributed by atoms with Crippen LogP contribution in [0, 0.1) is 0 Å². The number of carbonyl (C=O) groups excluding carboxylic acids is 2. The largest absolute Gasteiger partial charge is 0.469 e. The van der Waals surface area contributed by atoms with E-state index in [0.717, 1.165) is 0 Å². The lowest BCUT2D eigenvalue weighted by atomic mass is 10.2. The molecule has 0 aliphatic rings. The minimum atomic E-state index is -0.426. The zero-order valence-corrected chi connectivity index (χ0v) is 10.9. The Bertz CT molecular complexity index is 391. The van der Waals surface area contributed by atoms with Crippen LogP contribution in [0.1, 0.15) is 26.3 Å². The molecule has 0 saturated heterocycles. The lowest BCUT2D eigenvalue weighted by Gasteiger charge is -2.23. The van der Waals surface area contributed by atoms with E-state index in [4.69, 9.17) is 0 Å². The van der Waals surface area contributed by atoms with E-state index in [1.165, 1.54) is 24.4 Å². The lowest BCUT2D eigenvalue weighted by Crippen LogP contribution is -2.37. The summed E-state index contributed by atoms with van der Waals surface area (Å²) < 4.78 is 6.04. The van der Waals surface area contributed by atoms with E-state index in [2.05, 4.69) is 14.8 Å². The highest BCUT2D eigenvalue weighted by atomic mass is 16.5. The smallest absolute Gasteiger partial charge is 0.307 e. The van der Waals surface area contributed by atoms with Crippen molar-refractivity contribution < 1.29 is 14.3 Å². The Morgan fingerprint density at radius 2 is 2.22 bits per heavy atom. The number of methoxy groups -OCH3 is 1. The highest BCUT2D eigenvalue weighted by Gasteiger charge is 2.21. The van der Waals surface area contributed by atoms with Gasteiger partial charge in [0.15, 0.2) is 0 Å². The van der Waals surface area contributed by atoms with Crippen molar-refractivity contribution in [2.24, 2.45) is 0 Å². The molecule has 0 bridgehead atoms. The minimum absolute atomic E-state index is 0.0908. The molecule has 1 amide bonds. The number of carbonyl (C=O) groups is 2. The first-order valence-electron chi connectivity index (χ1n) is 5.79. The molecular weight excluding hydrogens is 236 g/mol. The van der Waals surface area contributed by atoms with Crippen molar-refractivity contribution in [3.63, 3.8) is 0 Å². The molecule has 18 heavy (non-hydrogen) atoms. The fourth-order valence-corrected chi connectivity index (χ4v) is 1.55. The summed E-state index contributed by atoms with van der Waals surface area (Å²) in [5.74, 6) is -0.415. The molecule has 0 saturated carbocycles. The minimum Gasteiger partial charge on any atom is -0.469 e. The first-order chi connectivity index (χ1) is 8.60. The Labute approximate surface area is 106 Å². The van der Waals surface area contributed by atoms with E-state index in [-0.39, 0.29) is 18.3 Å². The summed E-state index contributed by atoms with van der Waals surface area (Å²) in [6.07, 6.45) is 3.07. The van der Waals surface area contributed by atoms with Crippen LogP contribution in [0.15, 0.2) is 12.7 Å². The van der Waals surface area contributed by atoms with Gasteiger partial charge in [-0.2, -0.15) is 5.10 Å². The number of hydrogen-bond donors (Lipinski definition) is 0. The third kappa shape index (κ3) is 3.54. The molecular formula is C11H18N4O3. The average molecular weight is 254 g/mol. The number of aromatic nitrogens is 3. The average Bonchev–Trinajstić information content (AvgIpc) is 2.91. The van der Waals surface area contributed by atoms with Gasteiger partial charge in [0.25, 0.3) is 0 Å². The molecule has 0 aromatic carbocycles. The Morgan fingerprint density at radius 3 is 2.72 bits per heavy atom. The van der Waals surface area contributed by atoms with Gasteiger partial charge in [-0.05, 0) is 13.8 Å². The van der Waals surface area contributed by atoms with Crippen LogP contribution in [0.25, 0.3) is 0 Å². The van der Waals surface area contributed by atoms with Gasteiger partial charge in [0.2, 0.25) is 5.91 Å². The summed E-state index contributed by atoms with van der Waals surface area (Å²) >= 11 is 0. The molecule has 100 valence electrons. The standard InChI is InChI=1S/C11H18N4O3/c1-4-14(6-5-10(16)18-3)11(17)9(2)15-8-12-7-13-15/h7-9H,4-6H2,1-3H3. The van der Waals surface area contributed by atoms with Gasteiger partial charge in [-0.1, -0.05) is 0 Å². The van der Waals surface area contributed by atoms with E-state index in [0.29, 0.717) is 13.1 Å². The quantitative estimate of drug-likeness (QED) is 0.680. The SMILES string of the molecule is CCN(CCC(=O)OC)C(=O)C(C)n1cncn1. The Morgan fingerprint density at radius 1 is 1.50 bits per heavy atom. The topological polar surface area (TPSA) is 77.3 Å². The first-order valence-corrected chi connectivity index (χ1v) is 5.79. The van der Waals surface area contributed by atoms with Crippen LogP contribution in [-0.4, -0.2) is 51.7 Å². The Hall–Kier alpha value is -1.92. The van der Waals surface area contributed by atoms with Crippen LogP contribution in [-0.2, 0) is 14.3 Å². The molecule has 0 radical (unpaired) electrons. The van der Waals surface area contributed by atoms with Gasteiger partial charge >= 0.3 is 5.97 Å². The first kappa shape index (κ1) is 14.1. The van der Waals surface area contributed by atoms with Crippen LogP contribution in [0.2, 0.25) is 0 Å². The maximum absolute atomic E-state index is 12.2. The third-order valence-corrected chi connectivity index (χ3v) is 2.70. The molecule has 7 nitrogen and oxygen atoms in total. The summed E-state index contributed by atoms with van der Waals surface area (Å²) in [7, 11) is 1.33. The molecule has 1 atom stereocenters. The highest BCUT2D eigenvalue weighted by Crippen LogP contribution is 2.08. The summed E-state index contributed by atoms with van der Waals surface area (Å²) in [6, 6.07) is -0.426. The summed E-state index contributed by atoms with van der Waals surface area (Å²) in [5.41, 5.74) is 0. The predicted molar refractivity (Wildman–Crippen MR) is 63.6 cm³/mol. The van der Waals surface area contributed by atoms with E-state index in [1.54, 1.807) is 11.8 Å². The van der Waals surface area contributed by atoms with Crippen LogP contribution < -0.4 is 0 Å². The Balaban J connectivity index is 2.59. The normalized spacial score (nSPS) is 11.9. The lowest BCUT2D eigenvalue weighted by molar-refractivity contribution is -0.142. The van der Waals surface area contributed by atoms with Gasteiger partial charge in [-0.15, -0.1) is 0 Å². The van der Waals surface area contributed by atoms with E-state index >= 15 is 0 Å². The number of hydrogen-bond acceptors (Lipinski definition) is 5. The molecule has 0 N–H and O–H groups in total. The number of amides is 1. The molecule has 1 unspecified atom stereocenters. The van der Waals surface area contributed by atoms with Crippen LogP contribution >= 0.6 is 0 Å². The van der Waals surface area contributed by atoms with E-state index in [1.807, 2.05) is 6.92 Å². The second kappa shape index (κ2) is 6.73. The maximum Gasteiger partial charge on any atom is 0.307 e. The number of esters is 1. The van der Waals surface area contributed by atoms with Gasteiger partial charge in [0, 0.05) is 13.1 Å². The molecule has 7 heteroatoms. The zero-order chi connectivity index (χ0) is 13.5. The van der Waals surface area contributed by atoms with Crippen molar-refractivity contribution >= 4 is 11.9 Å². The molecule has 0 spiro atoms. The second-order valence-corrected chi connectivity index (χ2v) is 3.80. The third-order valence-electron chi connectivity index (χ3n) is 2.70. The van der Waals surface area contributed by atoms with Crippen molar-refractivity contribution in [3.05, 3.63) is 12.7 Å². The number of ether oxygens (including phenoxy) is 1. The fraction of sp³-hybridized carbons (Fsp3) is 0.636. The summed E-state index contributed by atoms with van der Waals surface area (Å²) in [5, 5.41) is 3.93. The molecule has 0 aliphatic heterocycles. The van der Waals surface area contributed by atoms with Crippen molar-refractivity contribution in [2.75, 3.05) is 20.2 Å². The maximum atomic E-state index is 12.2. The number of likely N-dealkylation sites (N-methyl/N-ethyl adjacent to an activating group) is 1. The highest BCUT2D eigenvalue weighted by molar-refractivity contribution is 5.80. The molecule has 0 fully saturated rings. The molecule has 1 aromatic rings. The molecule has 1 aromatic heterocycles. The number of nitrogens with zero attached hydrogens (tertiary/aromatic N) is 4. The summed E-state index contributed by atoms with van der Waals surface area (Å²) in [6.45, 7) is 4.50. The monoisotopic (exact) mass is 254 g/mol. The van der Waals surface area contributed by atoms with Gasteiger partial charge in [0.1, 0.15) is 18.7 Å². The second-order valence-electron chi connectivity index (χ2n) is 3.80. The fourth-order valence-electron chi connectivity index (χ4n) is 1.55. The van der Waals surface area contributed by atoms with Gasteiger partial charge in [-0.3, -0.25) is 9.59 Å². The molecule has 1 heterocycles. The van der Waals surface area contributed by atoms with Crippen LogP contribution in [0.4, 0.5) is 0 Å². The van der Waals surface area contributed by atoms with E-state index in [9.17, 15) is 9.59 Å². The zero-order valence-electron chi connectivity index (χ0n) is 10.9. The van der Waals surface area contributed by atoms with Crippen molar-refractivity contribution in [1.82, 2.24) is 19.7 Å². The Kier molecular flexibility index (Phi) is 5.29. The molecule has 0 aliphatic carbocycles. The van der Waals surface area contributed by atoms with Gasteiger partial charge in [-0.25, -0.2) is 9.67 Å². The van der Waals surface area contributed by atoms with Crippen molar-refractivity contribution in [2.45, 2.75) is 26.3 Å².